The lowest BCUT2D eigenvalue weighted by atomic mass is 9.91. The number of anilines is 1. The summed E-state index contributed by atoms with van der Waals surface area (Å²) in [5, 5.41) is 12.6. The van der Waals surface area contributed by atoms with Crippen molar-refractivity contribution in [1.29, 1.82) is 0 Å². The third-order valence-electron chi connectivity index (χ3n) is 5.04. The van der Waals surface area contributed by atoms with Crippen LogP contribution in [0.25, 0.3) is 5.65 Å². The van der Waals surface area contributed by atoms with Gasteiger partial charge in [0.1, 0.15) is 11.5 Å². The fourth-order valence-electron chi connectivity index (χ4n) is 3.55. The van der Waals surface area contributed by atoms with Crippen LogP contribution < -0.4 is 10.6 Å². The molecular weight excluding hydrogens is 409 g/mol. The topological polar surface area (TPSA) is 87.1 Å². The molecule has 0 radical (unpaired) electrons. The summed E-state index contributed by atoms with van der Waals surface area (Å²) in [6.45, 7) is 0. The highest BCUT2D eigenvalue weighted by Gasteiger charge is 2.34. The Morgan fingerprint density at radius 2 is 1.93 bits per heavy atom. The van der Waals surface area contributed by atoms with Crippen LogP contribution >= 0.6 is 11.6 Å². The number of carbonyl (C=O) groups is 1. The second-order valence-corrected chi connectivity index (χ2v) is 7.38. The number of hydrogen-bond donors (Lipinski definition) is 3. The highest BCUT2D eigenvalue weighted by Crippen LogP contribution is 2.30. The zero-order chi connectivity index (χ0) is 20.6. The first kappa shape index (κ1) is 19.6. The zero-order valence-electron chi connectivity index (χ0n) is 15.1. The molecule has 3 N–H and O–H groups in total. The van der Waals surface area contributed by atoms with Crippen LogP contribution in [-0.2, 0) is 6.18 Å². The fourth-order valence-corrected chi connectivity index (χ4v) is 3.74. The largest absolute Gasteiger partial charge is 0.434 e. The van der Waals surface area contributed by atoms with E-state index < -0.39 is 11.9 Å². The Bertz CT molecular complexity index is 1020. The summed E-state index contributed by atoms with van der Waals surface area (Å²) in [5.41, 5.74) is -0.379. The van der Waals surface area contributed by atoms with Gasteiger partial charge >= 0.3 is 6.18 Å². The molecule has 3 heterocycles. The van der Waals surface area contributed by atoms with E-state index in [1.54, 1.807) is 12.1 Å². The Morgan fingerprint density at radius 3 is 2.59 bits per heavy atom. The summed E-state index contributed by atoms with van der Waals surface area (Å²) in [6, 6.07) is 5.03. The van der Waals surface area contributed by atoms with Crippen LogP contribution in [0, 0.1) is 0 Å². The molecule has 29 heavy (non-hydrogen) atoms. The van der Waals surface area contributed by atoms with Gasteiger partial charge in [-0.15, -0.1) is 0 Å². The van der Waals surface area contributed by atoms with Crippen LogP contribution in [-0.4, -0.2) is 37.6 Å². The Labute approximate surface area is 168 Å². The minimum absolute atomic E-state index is 0.00684. The smallest absolute Gasteiger partial charge is 0.368 e. The Hall–Kier alpha value is -2.75. The van der Waals surface area contributed by atoms with Gasteiger partial charge in [-0.05, 0) is 37.8 Å². The second kappa shape index (κ2) is 7.58. The number of alkyl halides is 3. The molecule has 0 atom stereocenters. The van der Waals surface area contributed by atoms with E-state index in [9.17, 15) is 18.0 Å². The molecule has 0 spiro atoms. The lowest BCUT2D eigenvalue weighted by molar-refractivity contribution is -0.140. The predicted octanol–water partition coefficient (Wildman–Crippen LogP) is 3.88. The molecule has 4 rings (SSSR count). The molecular formula is C18H18ClF3N6O. The monoisotopic (exact) mass is 426 g/mol. The third kappa shape index (κ3) is 4.16. The Kier molecular flexibility index (Phi) is 5.12. The first-order valence-electron chi connectivity index (χ1n) is 9.13. The van der Waals surface area contributed by atoms with Gasteiger partial charge in [-0.3, -0.25) is 14.3 Å². The van der Waals surface area contributed by atoms with Gasteiger partial charge in [0.05, 0.1) is 5.56 Å². The Morgan fingerprint density at radius 1 is 1.21 bits per heavy atom. The number of imidazole rings is 1. The number of carbonyl (C=O) groups excluding carboxylic acids is 1. The first-order valence-corrected chi connectivity index (χ1v) is 9.51. The highest BCUT2D eigenvalue weighted by molar-refractivity contribution is 6.32. The van der Waals surface area contributed by atoms with Gasteiger partial charge in [0, 0.05) is 24.5 Å². The van der Waals surface area contributed by atoms with E-state index in [1.807, 2.05) is 0 Å². The Balaban J connectivity index is 1.38. The molecule has 1 aliphatic rings. The number of aromatic nitrogens is 4. The molecule has 0 bridgehead atoms. The van der Waals surface area contributed by atoms with Gasteiger partial charge in [-0.1, -0.05) is 17.7 Å². The number of nitrogens with zero attached hydrogens (tertiary/aromatic N) is 3. The fraction of sp³-hybridized carbons (Fsp3) is 0.389. The van der Waals surface area contributed by atoms with Crippen molar-refractivity contribution in [2.45, 2.75) is 43.9 Å². The van der Waals surface area contributed by atoms with E-state index in [1.165, 1.54) is 16.7 Å². The number of rotatable bonds is 4. The molecule has 0 unspecified atom stereocenters. The lowest BCUT2D eigenvalue weighted by Gasteiger charge is -2.30. The summed E-state index contributed by atoms with van der Waals surface area (Å²) in [6.07, 6.45) is 0.975. The maximum absolute atomic E-state index is 12.9. The average Bonchev–Trinajstić information content (AvgIpc) is 3.30. The molecule has 3 aromatic heterocycles. The van der Waals surface area contributed by atoms with Crippen LogP contribution in [0.2, 0.25) is 5.15 Å². The number of aromatic amines is 1. The molecule has 1 fully saturated rings. The molecule has 0 aliphatic heterocycles. The minimum atomic E-state index is -4.49. The van der Waals surface area contributed by atoms with Crippen molar-refractivity contribution in [3.63, 3.8) is 0 Å². The van der Waals surface area contributed by atoms with E-state index in [0.29, 0.717) is 11.4 Å². The van der Waals surface area contributed by atoms with Gasteiger partial charge in [0.15, 0.2) is 10.8 Å². The first-order chi connectivity index (χ1) is 13.8. The van der Waals surface area contributed by atoms with Crippen LogP contribution in [0.1, 0.15) is 41.7 Å². The SMILES string of the molecule is O=C(N[C@H]1CC[C@@H](Nc2cccc3nc(C(F)(F)F)cn23)CC1)c1c[nH]nc1Cl. The van der Waals surface area contributed by atoms with E-state index in [0.717, 1.165) is 31.9 Å². The number of fused-ring (bicyclic) bond motifs is 1. The maximum Gasteiger partial charge on any atom is 0.434 e. The van der Waals surface area contributed by atoms with E-state index in [2.05, 4.69) is 25.8 Å². The number of amides is 1. The molecule has 3 aromatic rings. The van der Waals surface area contributed by atoms with Crippen molar-refractivity contribution in [2.24, 2.45) is 0 Å². The molecule has 154 valence electrons. The summed E-state index contributed by atoms with van der Waals surface area (Å²) in [4.78, 5) is 15.9. The number of pyridine rings is 1. The van der Waals surface area contributed by atoms with Gasteiger partial charge in [-0.25, -0.2) is 4.98 Å². The second-order valence-electron chi connectivity index (χ2n) is 7.02. The standard InChI is InChI=1S/C18H18ClF3N6O/c19-16-12(8-23-27-16)17(29)25-11-6-4-10(5-7-11)24-14-2-1-3-15-26-13(9-28(14)15)18(20,21)22/h1-3,8-11,24H,4-7H2,(H,23,27)(H,25,29)/t10-,11+. The predicted molar refractivity (Wildman–Crippen MR) is 101 cm³/mol. The molecule has 1 saturated carbocycles. The zero-order valence-corrected chi connectivity index (χ0v) is 15.9. The van der Waals surface area contributed by atoms with Crippen molar-refractivity contribution in [1.82, 2.24) is 24.9 Å². The summed E-state index contributed by atoms with van der Waals surface area (Å²) in [7, 11) is 0. The quantitative estimate of drug-likeness (QED) is 0.590. The van der Waals surface area contributed by atoms with Crippen molar-refractivity contribution in [3.05, 3.63) is 47.0 Å². The van der Waals surface area contributed by atoms with Crippen LogP contribution in [0.4, 0.5) is 19.0 Å². The van der Waals surface area contributed by atoms with Crippen LogP contribution in [0.15, 0.2) is 30.6 Å². The normalized spacial score (nSPS) is 20.0. The van der Waals surface area contributed by atoms with E-state index in [4.69, 9.17) is 11.6 Å². The summed E-state index contributed by atoms with van der Waals surface area (Å²) < 4.78 is 40.3. The number of hydrogen-bond acceptors (Lipinski definition) is 4. The summed E-state index contributed by atoms with van der Waals surface area (Å²) in [5.74, 6) is 0.284. The van der Waals surface area contributed by atoms with Crippen molar-refractivity contribution in [2.75, 3.05) is 5.32 Å². The molecule has 1 amide bonds. The van der Waals surface area contributed by atoms with Crippen molar-refractivity contribution < 1.29 is 18.0 Å². The molecule has 1 aliphatic carbocycles. The van der Waals surface area contributed by atoms with Crippen LogP contribution in [0.3, 0.4) is 0 Å². The van der Waals surface area contributed by atoms with Crippen molar-refractivity contribution >= 4 is 29.0 Å². The van der Waals surface area contributed by atoms with Gasteiger partial charge in [0.2, 0.25) is 0 Å². The highest BCUT2D eigenvalue weighted by atomic mass is 35.5. The number of H-pyrrole nitrogens is 1. The lowest BCUT2D eigenvalue weighted by Crippen LogP contribution is -2.40. The molecule has 0 aromatic carbocycles. The molecule has 0 saturated heterocycles. The third-order valence-corrected chi connectivity index (χ3v) is 5.32. The number of nitrogens with one attached hydrogen (secondary N) is 3. The summed E-state index contributed by atoms with van der Waals surface area (Å²) >= 11 is 5.85. The van der Waals surface area contributed by atoms with Gasteiger partial charge < -0.3 is 10.6 Å². The minimum Gasteiger partial charge on any atom is -0.368 e. The number of halogens is 4. The van der Waals surface area contributed by atoms with E-state index in [-0.39, 0.29) is 28.8 Å². The molecule has 11 heteroatoms. The van der Waals surface area contributed by atoms with Gasteiger partial charge in [-0.2, -0.15) is 18.3 Å². The maximum atomic E-state index is 12.9. The van der Waals surface area contributed by atoms with Gasteiger partial charge in [0.25, 0.3) is 5.91 Å². The van der Waals surface area contributed by atoms with Crippen molar-refractivity contribution in [3.8, 4) is 0 Å². The molecule has 7 nitrogen and oxygen atoms in total. The van der Waals surface area contributed by atoms with Crippen LogP contribution in [0.5, 0.6) is 0 Å². The average molecular weight is 427 g/mol. The van der Waals surface area contributed by atoms with E-state index >= 15 is 0 Å².